The standard InChI is InChI=1S/C20H23N3O3/c24-20(23-9-7-16-4-1-2-6-19(16)23)14-22-10-11-25-18(13-22)15-26-17-5-3-8-21-12-17/h1-6,8,12,18H,7,9-11,13-15H2. The van der Waals surface area contributed by atoms with E-state index in [2.05, 4.69) is 16.0 Å². The summed E-state index contributed by atoms with van der Waals surface area (Å²) in [5, 5.41) is 0. The third-order valence-electron chi connectivity index (χ3n) is 4.84. The Morgan fingerprint density at radius 3 is 3.04 bits per heavy atom. The molecule has 0 bridgehead atoms. The maximum atomic E-state index is 12.8. The maximum absolute atomic E-state index is 12.8. The topological polar surface area (TPSA) is 54.9 Å². The highest BCUT2D eigenvalue weighted by atomic mass is 16.5. The number of amides is 1. The number of carbonyl (C=O) groups is 1. The van der Waals surface area contributed by atoms with Gasteiger partial charge in [0.1, 0.15) is 18.5 Å². The minimum Gasteiger partial charge on any atom is -0.489 e. The van der Waals surface area contributed by atoms with Gasteiger partial charge < -0.3 is 14.4 Å². The lowest BCUT2D eigenvalue weighted by molar-refractivity contribution is -0.122. The summed E-state index contributed by atoms with van der Waals surface area (Å²) in [5.41, 5.74) is 2.31. The average Bonchev–Trinajstić information content (AvgIpc) is 3.12. The van der Waals surface area contributed by atoms with Crippen molar-refractivity contribution >= 4 is 11.6 Å². The molecule has 1 amide bonds. The van der Waals surface area contributed by atoms with Gasteiger partial charge in [-0.25, -0.2) is 0 Å². The molecule has 1 aromatic heterocycles. The van der Waals surface area contributed by atoms with E-state index in [-0.39, 0.29) is 12.0 Å². The van der Waals surface area contributed by atoms with Crippen LogP contribution in [0.3, 0.4) is 0 Å². The quantitative estimate of drug-likeness (QED) is 0.820. The molecule has 6 heteroatoms. The van der Waals surface area contributed by atoms with Crippen molar-refractivity contribution in [2.45, 2.75) is 12.5 Å². The summed E-state index contributed by atoms with van der Waals surface area (Å²) in [6.45, 7) is 3.73. The Morgan fingerprint density at radius 1 is 1.23 bits per heavy atom. The molecule has 0 aliphatic carbocycles. The smallest absolute Gasteiger partial charge is 0.241 e. The monoisotopic (exact) mass is 353 g/mol. The van der Waals surface area contributed by atoms with Crippen molar-refractivity contribution in [3.05, 3.63) is 54.4 Å². The Morgan fingerprint density at radius 2 is 2.15 bits per heavy atom. The van der Waals surface area contributed by atoms with Crippen LogP contribution in [-0.4, -0.2) is 61.3 Å². The number of carbonyl (C=O) groups excluding carboxylic acids is 1. The number of morpholine rings is 1. The SMILES string of the molecule is O=C(CN1CCOC(COc2cccnc2)C1)N1CCc2ccccc21. The van der Waals surface area contributed by atoms with E-state index in [0.29, 0.717) is 26.3 Å². The van der Waals surface area contributed by atoms with E-state index in [0.717, 1.165) is 30.9 Å². The van der Waals surface area contributed by atoms with E-state index in [4.69, 9.17) is 9.47 Å². The molecule has 0 N–H and O–H groups in total. The van der Waals surface area contributed by atoms with Crippen molar-refractivity contribution in [3.63, 3.8) is 0 Å². The molecule has 1 saturated heterocycles. The lowest BCUT2D eigenvalue weighted by Gasteiger charge is -2.33. The molecule has 2 aromatic rings. The number of nitrogens with zero attached hydrogens (tertiary/aromatic N) is 3. The molecule has 3 heterocycles. The molecule has 6 nitrogen and oxygen atoms in total. The Balaban J connectivity index is 1.30. The summed E-state index contributed by atoms with van der Waals surface area (Å²) < 4.78 is 11.5. The van der Waals surface area contributed by atoms with Crippen LogP contribution in [0.5, 0.6) is 5.75 Å². The third kappa shape index (κ3) is 3.86. The van der Waals surface area contributed by atoms with Crippen LogP contribution < -0.4 is 9.64 Å². The number of rotatable bonds is 5. The predicted octanol–water partition coefficient (Wildman–Crippen LogP) is 1.75. The summed E-state index contributed by atoms with van der Waals surface area (Å²) in [6.07, 6.45) is 4.30. The highest BCUT2D eigenvalue weighted by Gasteiger charge is 2.28. The molecule has 2 aliphatic rings. The maximum Gasteiger partial charge on any atom is 0.241 e. The first-order valence-corrected chi connectivity index (χ1v) is 9.04. The van der Waals surface area contributed by atoms with Gasteiger partial charge in [-0.05, 0) is 30.2 Å². The van der Waals surface area contributed by atoms with Gasteiger partial charge in [0.15, 0.2) is 0 Å². The van der Waals surface area contributed by atoms with Crippen LogP contribution in [0.2, 0.25) is 0 Å². The van der Waals surface area contributed by atoms with Crippen molar-refractivity contribution in [1.82, 2.24) is 9.88 Å². The Kier molecular flexibility index (Phi) is 5.13. The largest absolute Gasteiger partial charge is 0.489 e. The van der Waals surface area contributed by atoms with E-state index in [1.54, 1.807) is 12.4 Å². The number of fused-ring (bicyclic) bond motifs is 1. The van der Waals surface area contributed by atoms with Crippen LogP contribution in [0.1, 0.15) is 5.56 Å². The van der Waals surface area contributed by atoms with Gasteiger partial charge in [0, 0.05) is 31.5 Å². The van der Waals surface area contributed by atoms with Gasteiger partial charge in [-0.15, -0.1) is 0 Å². The molecule has 1 aromatic carbocycles. The number of hydrogen-bond donors (Lipinski definition) is 0. The lowest BCUT2D eigenvalue weighted by atomic mass is 10.2. The van der Waals surface area contributed by atoms with E-state index >= 15 is 0 Å². The second-order valence-electron chi connectivity index (χ2n) is 6.65. The summed E-state index contributed by atoms with van der Waals surface area (Å²) in [5.74, 6) is 0.891. The molecule has 1 unspecified atom stereocenters. The number of aromatic nitrogens is 1. The van der Waals surface area contributed by atoms with Crippen LogP contribution in [0, 0.1) is 0 Å². The number of hydrogen-bond acceptors (Lipinski definition) is 5. The molecule has 0 spiro atoms. The van der Waals surface area contributed by atoms with Gasteiger partial charge in [0.2, 0.25) is 5.91 Å². The molecule has 1 fully saturated rings. The van der Waals surface area contributed by atoms with Gasteiger partial charge in [0.05, 0.1) is 19.3 Å². The molecule has 1 atom stereocenters. The normalized spacial score (nSPS) is 20.0. The Labute approximate surface area is 153 Å². The lowest BCUT2D eigenvalue weighted by Crippen LogP contribution is -2.49. The molecule has 136 valence electrons. The molecule has 2 aliphatic heterocycles. The summed E-state index contributed by atoms with van der Waals surface area (Å²) in [4.78, 5) is 20.9. The number of para-hydroxylation sites is 1. The zero-order valence-electron chi connectivity index (χ0n) is 14.7. The second-order valence-corrected chi connectivity index (χ2v) is 6.65. The van der Waals surface area contributed by atoms with Crippen molar-refractivity contribution < 1.29 is 14.3 Å². The molecular weight excluding hydrogens is 330 g/mol. The van der Waals surface area contributed by atoms with Crippen LogP contribution in [0.4, 0.5) is 5.69 Å². The molecule has 26 heavy (non-hydrogen) atoms. The van der Waals surface area contributed by atoms with Gasteiger partial charge in [-0.1, -0.05) is 18.2 Å². The van der Waals surface area contributed by atoms with Crippen LogP contribution in [0.15, 0.2) is 48.8 Å². The van der Waals surface area contributed by atoms with Gasteiger partial charge in [-0.3, -0.25) is 14.7 Å². The minimum absolute atomic E-state index is 0.0392. The van der Waals surface area contributed by atoms with Crippen molar-refractivity contribution in [2.75, 3.05) is 44.3 Å². The van der Waals surface area contributed by atoms with Crippen molar-refractivity contribution in [2.24, 2.45) is 0 Å². The molecule has 4 rings (SSSR count). The number of ether oxygens (including phenoxy) is 2. The zero-order chi connectivity index (χ0) is 17.8. The molecular formula is C20H23N3O3. The van der Waals surface area contributed by atoms with Crippen LogP contribution >= 0.6 is 0 Å². The summed E-state index contributed by atoms with van der Waals surface area (Å²) in [6, 6.07) is 11.9. The molecule has 0 radical (unpaired) electrons. The number of benzene rings is 1. The van der Waals surface area contributed by atoms with Crippen molar-refractivity contribution in [3.8, 4) is 5.75 Å². The highest BCUT2D eigenvalue weighted by Crippen LogP contribution is 2.27. The highest BCUT2D eigenvalue weighted by molar-refractivity contribution is 5.96. The van der Waals surface area contributed by atoms with Crippen LogP contribution in [-0.2, 0) is 16.0 Å². The zero-order valence-corrected chi connectivity index (χ0v) is 14.7. The first-order chi connectivity index (χ1) is 12.8. The van der Waals surface area contributed by atoms with E-state index in [1.807, 2.05) is 35.2 Å². The Hall–Kier alpha value is -2.44. The fourth-order valence-electron chi connectivity index (χ4n) is 3.52. The second kappa shape index (κ2) is 7.85. The van der Waals surface area contributed by atoms with Crippen molar-refractivity contribution in [1.29, 1.82) is 0 Å². The summed E-state index contributed by atoms with van der Waals surface area (Å²) in [7, 11) is 0. The van der Waals surface area contributed by atoms with Gasteiger partial charge >= 0.3 is 0 Å². The third-order valence-corrected chi connectivity index (χ3v) is 4.84. The Bertz CT molecular complexity index is 753. The fraction of sp³-hybridized carbons (Fsp3) is 0.400. The number of pyridine rings is 1. The number of anilines is 1. The van der Waals surface area contributed by atoms with E-state index in [1.165, 1.54) is 5.56 Å². The van der Waals surface area contributed by atoms with E-state index in [9.17, 15) is 4.79 Å². The van der Waals surface area contributed by atoms with Crippen LogP contribution in [0.25, 0.3) is 0 Å². The minimum atomic E-state index is -0.0392. The van der Waals surface area contributed by atoms with Gasteiger partial charge in [-0.2, -0.15) is 0 Å². The fourth-order valence-corrected chi connectivity index (χ4v) is 3.52. The summed E-state index contributed by atoms with van der Waals surface area (Å²) >= 11 is 0. The molecule has 0 saturated carbocycles. The first kappa shape index (κ1) is 17.0. The average molecular weight is 353 g/mol. The predicted molar refractivity (Wildman–Crippen MR) is 98.4 cm³/mol. The first-order valence-electron chi connectivity index (χ1n) is 9.04. The van der Waals surface area contributed by atoms with E-state index < -0.39 is 0 Å². The van der Waals surface area contributed by atoms with Gasteiger partial charge in [0.25, 0.3) is 0 Å².